The van der Waals surface area contributed by atoms with Crippen molar-refractivity contribution in [2.75, 3.05) is 0 Å². The summed E-state index contributed by atoms with van der Waals surface area (Å²) < 4.78 is 0. The maximum atomic E-state index is 11.1. The number of aliphatic hydroxyl groups excluding tert-OH is 1. The maximum Gasteiger partial charge on any atom is 0.335 e. The number of carboxylic acids is 1. The molecule has 0 amide bonds. The first kappa shape index (κ1) is 13.8. The van der Waals surface area contributed by atoms with E-state index in [-0.39, 0.29) is 12.2 Å². The molecule has 2 rings (SSSR count). The van der Waals surface area contributed by atoms with Crippen molar-refractivity contribution in [3.05, 3.63) is 58.7 Å². The first-order valence-electron chi connectivity index (χ1n) is 6.04. The molecule has 0 radical (unpaired) electrons. The predicted octanol–water partition coefficient (Wildman–Crippen LogP) is 2.72. The second-order valence-electron chi connectivity index (χ2n) is 4.54. The molecule has 0 heterocycles. The Bertz CT molecular complexity index is 714. The molecule has 0 aliphatic carbocycles. The van der Waals surface area contributed by atoms with Gasteiger partial charge in [-0.2, -0.15) is 5.26 Å². The molecule has 2 N–H and O–H groups in total. The number of carbonyl (C=O) groups is 1. The van der Waals surface area contributed by atoms with Crippen LogP contribution in [0.25, 0.3) is 11.1 Å². The van der Waals surface area contributed by atoms with E-state index < -0.39 is 5.97 Å². The molecule has 0 unspecified atom stereocenters. The quantitative estimate of drug-likeness (QED) is 0.895. The number of nitrogens with zero attached hydrogens (tertiary/aromatic N) is 1. The van der Waals surface area contributed by atoms with Crippen LogP contribution in [-0.4, -0.2) is 16.2 Å². The van der Waals surface area contributed by atoms with Crippen LogP contribution >= 0.6 is 0 Å². The number of aryl methyl sites for hydroxylation is 1. The lowest BCUT2D eigenvalue weighted by Crippen LogP contribution is -1.99. The Labute approximate surface area is 116 Å². The van der Waals surface area contributed by atoms with E-state index in [1.807, 2.05) is 13.0 Å². The van der Waals surface area contributed by atoms with Gasteiger partial charge in [0.05, 0.1) is 23.8 Å². The van der Waals surface area contributed by atoms with E-state index in [0.717, 1.165) is 5.56 Å². The van der Waals surface area contributed by atoms with E-state index in [2.05, 4.69) is 6.07 Å². The summed E-state index contributed by atoms with van der Waals surface area (Å²) in [5.41, 5.74) is 3.32. The molecule has 0 saturated carbocycles. The van der Waals surface area contributed by atoms with Crippen LogP contribution in [0.3, 0.4) is 0 Å². The summed E-state index contributed by atoms with van der Waals surface area (Å²) in [7, 11) is 0. The molecular formula is C16H13NO3. The summed E-state index contributed by atoms with van der Waals surface area (Å²) in [6, 6.07) is 12.1. The van der Waals surface area contributed by atoms with Crippen molar-refractivity contribution < 1.29 is 15.0 Å². The Morgan fingerprint density at radius 2 is 2.00 bits per heavy atom. The lowest BCUT2D eigenvalue weighted by molar-refractivity contribution is 0.0696. The van der Waals surface area contributed by atoms with Crippen LogP contribution in [0.2, 0.25) is 0 Å². The number of rotatable bonds is 3. The smallest absolute Gasteiger partial charge is 0.335 e. The third-order valence-corrected chi connectivity index (χ3v) is 3.03. The average Bonchev–Trinajstić information content (AvgIpc) is 2.46. The summed E-state index contributed by atoms with van der Waals surface area (Å²) in [4.78, 5) is 11.1. The molecule has 0 saturated heterocycles. The van der Waals surface area contributed by atoms with Crippen molar-refractivity contribution in [2.24, 2.45) is 0 Å². The standard InChI is InChI=1S/C16H13NO3/c1-10-2-3-15(14(4-10)8-17)12-5-11(9-18)6-13(7-12)16(19)20/h2-7,18H,9H2,1H3,(H,19,20). The summed E-state index contributed by atoms with van der Waals surface area (Å²) >= 11 is 0. The van der Waals surface area contributed by atoms with Crippen molar-refractivity contribution in [1.82, 2.24) is 0 Å². The van der Waals surface area contributed by atoms with Gasteiger partial charge in [0.1, 0.15) is 0 Å². The fraction of sp³-hybridized carbons (Fsp3) is 0.125. The van der Waals surface area contributed by atoms with Crippen LogP contribution in [0.15, 0.2) is 36.4 Å². The summed E-state index contributed by atoms with van der Waals surface area (Å²) in [6.45, 7) is 1.64. The molecular weight excluding hydrogens is 254 g/mol. The van der Waals surface area contributed by atoms with Gasteiger partial charge in [-0.3, -0.25) is 0 Å². The van der Waals surface area contributed by atoms with Gasteiger partial charge in [-0.25, -0.2) is 4.79 Å². The number of benzene rings is 2. The highest BCUT2D eigenvalue weighted by Crippen LogP contribution is 2.26. The molecule has 2 aromatic carbocycles. The van der Waals surface area contributed by atoms with E-state index in [1.54, 1.807) is 18.2 Å². The number of hydrogen-bond acceptors (Lipinski definition) is 3. The number of hydrogen-bond donors (Lipinski definition) is 2. The van der Waals surface area contributed by atoms with E-state index >= 15 is 0 Å². The Balaban J connectivity index is 2.66. The molecule has 4 heteroatoms. The fourth-order valence-corrected chi connectivity index (χ4v) is 2.06. The van der Waals surface area contributed by atoms with E-state index in [9.17, 15) is 15.2 Å². The first-order chi connectivity index (χ1) is 9.55. The van der Waals surface area contributed by atoms with Gasteiger partial charge in [-0.15, -0.1) is 0 Å². The summed E-state index contributed by atoms with van der Waals surface area (Å²) in [6.07, 6.45) is 0. The van der Waals surface area contributed by atoms with Crippen LogP contribution in [-0.2, 0) is 6.61 Å². The Hall–Kier alpha value is -2.64. The highest BCUT2D eigenvalue weighted by atomic mass is 16.4. The van der Waals surface area contributed by atoms with Gasteiger partial charge in [-0.05, 0) is 53.4 Å². The zero-order valence-corrected chi connectivity index (χ0v) is 10.9. The SMILES string of the molecule is Cc1ccc(-c2cc(CO)cc(C(=O)O)c2)c(C#N)c1. The van der Waals surface area contributed by atoms with Crippen LogP contribution in [0.5, 0.6) is 0 Å². The predicted molar refractivity (Wildman–Crippen MR) is 74.2 cm³/mol. The van der Waals surface area contributed by atoms with Gasteiger partial charge in [0.25, 0.3) is 0 Å². The van der Waals surface area contributed by atoms with Gasteiger partial charge in [0.2, 0.25) is 0 Å². The number of aliphatic hydroxyl groups is 1. The molecule has 100 valence electrons. The summed E-state index contributed by atoms with van der Waals surface area (Å²) in [5, 5.41) is 27.5. The zero-order valence-electron chi connectivity index (χ0n) is 10.9. The van der Waals surface area contributed by atoms with Gasteiger partial charge >= 0.3 is 5.97 Å². The Kier molecular flexibility index (Phi) is 3.83. The Morgan fingerprint density at radius 3 is 2.60 bits per heavy atom. The van der Waals surface area contributed by atoms with Crippen LogP contribution in [0, 0.1) is 18.3 Å². The molecule has 20 heavy (non-hydrogen) atoms. The highest BCUT2D eigenvalue weighted by molar-refractivity contribution is 5.90. The van der Waals surface area contributed by atoms with Gasteiger partial charge in [0, 0.05) is 0 Å². The second kappa shape index (κ2) is 5.55. The first-order valence-corrected chi connectivity index (χ1v) is 6.04. The van der Waals surface area contributed by atoms with Gasteiger partial charge in [0.15, 0.2) is 0 Å². The van der Waals surface area contributed by atoms with Crippen molar-refractivity contribution in [3.8, 4) is 17.2 Å². The van der Waals surface area contributed by atoms with Gasteiger partial charge in [-0.1, -0.05) is 12.1 Å². The van der Waals surface area contributed by atoms with Crippen LogP contribution in [0.4, 0.5) is 0 Å². The fourth-order valence-electron chi connectivity index (χ4n) is 2.06. The van der Waals surface area contributed by atoms with E-state index in [4.69, 9.17) is 5.11 Å². The summed E-state index contributed by atoms with van der Waals surface area (Å²) in [5.74, 6) is -1.06. The number of nitriles is 1. The molecule has 0 bridgehead atoms. The lowest BCUT2D eigenvalue weighted by atomic mass is 9.95. The highest BCUT2D eigenvalue weighted by Gasteiger charge is 2.11. The molecule has 2 aromatic rings. The van der Waals surface area contributed by atoms with E-state index in [1.165, 1.54) is 12.1 Å². The molecule has 4 nitrogen and oxygen atoms in total. The second-order valence-corrected chi connectivity index (χ2v) is 4.54. The maximum absolute atomic E-state index is 11.1. The normalized spacial score (nSPS) is 10.1. The number of aromatic carboxylic acids is 1. The van der Waals surface area contributed by atoms with Crippen LogP contribution < -0.4 is 0 Å². The molecule has 0 aliphatic heterocycles. The topological polar surface area (TPSA) is 81.3 Å². The molecule has 0 spiro atoms. The third-order valence-electron chi connectivity index (χ3n) is 3.03. The van der Waals surface area contributed by atoms with Crippen molar-refractivity contribution in [2.45, 2.75) is 13.5 Å². The minimum Gasteiger partial charge on any atom is -0.478 e. The van der Waals surface area contributed by atoms with Gasteiger partial charge < -0.3 is 10.2 Å². The van der Waals surface area contributed by atoms with E-state index in [0.29, 0.717) is 22.3 Å². The zero-order chi connectivity index (χ0) is 14.7. The molecule has 0 aliphatic rings. The minimum atomic E-state index is -1.06. The molecule has 0 aromatic heterocycles. The average molecular weight is 267 g/mol. The molecule has 0 fully saturated rings. The molecule has 0 atom stereocenters. The lowest BCUT2D eigenvalue weighted by Gasteiger charge is -2.09. The van der Waals surface area contributed by atoms with Crippen LogP contribution in [0.1, 0.15) is 27.0 Å². The van der Waals surface area contributed by atoms with Crippen molar-refractivity contribution >= 4 is 5.97 Å². The number of carboxylic acid groups (broad SMARTS) is 1. The minimum absolute atomic E-state index is 0.0935. The Morgan fingerprint density at radius 1 is 1.25 bits per heavy atom. The van der Waals surface area contributed by atoms with Crippen molar-refractivity contribution in [3.63, 3.8) is 0 Å². The van der Waals surface area contributed by atoms with Crippen molar-refractivity contribution in [1.29, 1.82) is 5.26 Å². The monoisotopic (exact) mass is 267 g/mol. The third kappa shape index (κ3) is 2.68. The largest absolute Gasteiger partial charge is 0.478 e.